The zero-order chi connectivity index (χ0) is 13.7. The average molecular weight is 278 g/mol. The predicted molar refractivity (Wildman–Crippen MR) is 78.7 cm³/mol. The van der Waals surface area contributed by atoms with Gasteiger partial charge in [0.05, 0.1) is 12.6 Å². The van der Waals surface area contributed by atoms with Gasteiger partial charge in [0, 0.05) is 18.4 Å². The third kappa shape index (κ3) is 3.45. The van der Waals surface area contributed by atoms with E-state index in [0.717, 1.165) is 5.56 Å². The van der Waals surface area contributed by atoms with Crippen molar-refractivity contribution in [1.82, 2.24) is 10.6 Å². The molecule has 1 heterocycles. The summed E-state index contributed by atoms with van der Waals surface area (Å²) in [4.78, 5) is 11.7. The topological polar surface area (TPSA) is 50.4 Å². The molecule has 0 aliphatic heterocycles. The summed E-state index contributed by atoms with van der Waals surface area (Å²) in [5.74, 6) is 0. The van der Waals surface area contributed by atoms with Gasteiger partial charge in [-0.05, 0) is 29.3 Å². The smallest absolute Gasteiger partial charge is 0.315 e. The van der Waals surface area contributed by atoms with E-state index in [-0.39, 0.29) is 12.1 Å². The summed E-state index contributed by atoms with van der Waals surface area (Å²) >= 11 is 1.70. The lowest BCUT2D eigenvalue weighted by Gasteiger charge is -2.14. The van der Waals surface area contributed by atoms with Crippen LogP contribution in [0.4, 0.5) is 4.79 Å². The maximum Gasteiger partial charge on any atom is 0.315 e. The normalized spacial score (nSPS) is 12.3. The Morgan fingerprint density at radius 1 is 1.42 bits per heavy atom. The van der Waals surface area contributed by atoms with Crippen LogP contribution in [0.15, 0.2) is 29.6 Å². The van der Waals surface area contributed by atoms with Gasteiger partial charge in [-0.1, -0.05) is 18.2 Å². The van der Waals surface area contributed by atoms with Crippen LogP contribution in [0.3, 0.4) is 0 Å². The fraction of sp³-hybridized carbons (Fsp3) is 0.357. The zero-order valence-electron chi connectivity index (χ0n) is 11.1. The molecule has 0 spiro atoms. The van der Waals surface area contributed by atoms with Crippen LogP contribution in [-0.2, 0) is 4.74 Å². The van der Waals surface area contributed by atoms with Crippen molar-refractivity contribution < 1.29 is 9.53 Å². The molecule has 0 saturated heterocycles. The molecule has 2 amide bonds. The molecule has 0 unspecified atom stereocenters. The molecule has 5 heteroatoms. The second-order valence-electron chi connectivity index (χ2n) is 4.30. The molecule has 2 N–H and O–H groups in total. The first-order valence-corrected chi connectivity index (χ1v) is 7.09. The number of amides is 2. The number of rotatable bonds is 5. The minimum absolute atomic E-state index is 0.0151. The van der Waals surface area contributed by atoms with Crippen LogP contribution in [0.2, 0.25) is 0 Å². The number of carbonyl (C=O) groups excluding carboxylic acids is 1. The van der Waals surface area contributed by atoms with Crippen LogP contribution in [-0.4, -0.2) is 26.3 Å². The molecule has 0 bridgehead atoms. The first-order valence-electron chi connectivity index (χ1n) is 6.22. The van der Waals surface area contributed by atoms with Crippen molar-refractivity contribution in [2.75, 3.05) is 20.3 Å². The molecule has 0 fully saturated rings. The van der Waals surface area contributed by atoms with Crippen molar-refractivity contribution in [2.24, 2.45) is 0 Å². The van der Waals surface area contributed by atoms with E-state index in [2.05, 4.69) is 28.1 Å². The first kappa shape index (κ1) is 13.8. The van der Waals surface area contributed by atoms with Crippen LogP contribution in [0.25, 0.3) is 10.1 Å². The molecule has 19 heavy (non-hydrogen) atoms. The monoisotopic (exact) mass is 278 g/mol. The molecular formula is C14H18N2O2S. The Morgan fingerprint density at radius 2 is 2.21 bits per heavy atom. The van der Waals surface area contributed by atoms with Crippen molar-refractivity contribution >= 4 is 27.5 Å². The fourth-order valence-electron chi connectivity index (χ4n) is 1.93. The summed E-state index contributed by atoms with van der Waals surface area (Å²) in [5, 5.41) is 8.99. The van der Waals surface area contributed by atoms with Crippen LogP contribution in [0.5, 0.6) is 0 Å². The second-order valence-corrected chi connectivity index (χ2v) is 5.21. The van der Waals surface area contributed by atoms with Gasteiger partial charge >= 0.3 is 6.03 Å². The molecule has 1 atom stereocenters. The highest BCUT2D eigenvalue weighted by Crippen LogP contribution is 2.29. The molecule has 4 nitrogen and oxygen atoms in total. The van der Waals surface area contributed by atoms with Gasteiger partial charge in [0.25, 0.3) is 0 Å². The van der Waals surface area contributed by atoms with E-state index >= 15 is 0 Å². The Morgan fingerprint density at radius 3 is 3.00 bits per heavy atom. The molecule has 1 aromatic heterocycles. The number of hydrogen-bond acceptors (Lipinski definition) is 3. The standard InChI is InChI=1S/C14H18N2O2S/c1-10(16-14(17)15-7-8-18-2)12-9-19-13-6-4-3-5-11(12)13/h3-6,9-10H,7-8H2,1-2H3,(H2,15,16,17)/t10-/m0/s1. The predicted octanol–water partition coefficient (Wildman–Crippen LogP) is 2.91. The Balaban J connectivity index is 1.99. The van der Waals surface area contributed by atoms with Crippen LogP contribution in [0.1, 0.15) is 18.5 Å². The minimum Gasteiger partial charge on any atom is -0.383 e. The molecule has 0 aliphatic carbocycles. The average Bonchev–Trinajstić information content (AvgIpc) is 2.83. The Labute approximate surface area is 116 Å². The van der Waals surface area contributed by atoms with E-state index in [1.807, 2.05) is 19.1 Å². The van der Waals surface area contributed by atoms with E-state index in [1.165, 1.54) is 10.1 Å². The van der Waals surface area contributed by atoms with Gasteiger partial charge in [0.15, 0.2) is 0 Å². The highest BCUT2D eigenvalue weighted by molar-refractivity contribution is 7.17. The van der Waals surface area contributed by atoms with Crippen molar-refractivity contribution in [3.8, 4) is 0 Å². The second kappa shape index (κ2) is 6.54. The molecule has 0 radical (unpaired) electrons. The van der Waals surface area contributed by atoms with E-state index in [1.54, 1.807) is 18.4 Å². The SMILES string of the molecule is COCCNC(=O)N[C@@H](C)c1csc2ccccc12. The number of nitrogens with one attached hydrogen (secondary N) is 2. The number of carbonyl (C=O) groups is 1. The van der Waals surface area contributed by atoms with Gasteiger partial charge in [-0.3, -0.25) is 0 Å². The van der Waals surface area contributed by atoms with E-state index < -0.39 is 0 Å². The molecule has 2 aromatic rings. The Bertz CT molecular complexity index is 553. The van der Waals surface area contributed by atoms with Crippen LogP contribution in [0, 0.1) is 0 Å². The molecule has 102 valence electrons. The summed E-state index contributed by atoms with van der Waals surface area (Å²) in [6, 6.07) is 8.04. The van der Waals surface area contributed by atoms with E-state index in [4.69, 9.17) is 4.74 Å². The number of benzene rings is 1. The number of hydrogen-bond donors (Lipinski definition) is 2. The van der Waals surface area contributed by atoms with Gasteiger partial charge in [0.2, 0.25) is 0 Å². The lowest BCUT2D eigenvalue weighted by Crippen LogP contribution is -2.38. The van der Waals surface area contributed by atoms with E-state index in [0.29, 0.717) is 13.2 Å². The first-order chi connectivity index (χ1) is 9.22. The van der Waals surface area contributed by atoms with Crippen molar-refractivity contribution in [1.29, 1.82) is 0 Å². The largest absolute Gasteiger partial charge is 0.383 e. The highest BCUT2D eigenvalue weighted by Gasteiger charge is 2.13. The van der Waals surface area contributed by atoms with Gasteiger partial charge in [-0.15, -0.1) is 11.3 Å². The summed E-state index contributed by atoms with van der Waals surface area (Å²) in [7, 11) is 1.61. The fourth-order valence-corrected chi connectivity index (χ4v) is 2.98. The number of methoxy groups -OCH3 is 1. The van der Waals surface area contributed by atoms with Gasteiger partial charge in [-0.25, -0.2) is 4.79 Å². The van der Waals surface area contributed by atoms with Crippen molar-refractivity contribution in [3.05, 3.63) is 35.2 Å². The molecule has 2 rings (SSSR count). The summed E-state index contributed by atoms with van der Waals surface area (Å²) in [6.07, 6.45) is 0. The van der Waals surface area contributed by atoms with Crippen LogP contribution >= 0.6 is 11.3 Å². The van der Waals surface area contributed by atoms with Gasteiger partial charge in [-0.2, -0.15) is 0 Å². The Kier molecular flexibility index (Phi) is 4.76. The number of thiophene rings is 1. The Hall–Kier alpha value is -1.59. The minimum atomic E-state index is -0.167. The number of fused-ring (bicyclic) bond motifs is 1. The zero-order valence-corrected chi connectivity index (χ0v) is 11.9. The summed E-state index contributed by atoms with van der Waals surface area (Å²) in [5.41, 5.74) is 1.16. The quantitative estimate of drug-likeness (QED) is 0.826. The van der Waals surface area contributed by atoms with E-state index in [9.17, 15) is 4.79 Å². The maximum absolute atomic E-state index is 11.7. The van der Waals surface area contributed by atoms with Crippen molar-refractivity contribution in [3.63, 3.8) is 0 Å². The van der Waals surface area contributed by atoms with Gasteiger partial charge < -0.3 is 15.4 Å². The van der Waals surface area contributed by atoms with Crippen molar-refractivity contribution in [2.45, 2.75) is 13.0 Å². The molecule has 1 aromatic carbocycles. The summed E-state index contributed by atoms with van der Waals surface area (Å²) < 4.78 is 6.13. The molecule has 0 aliphatic rings. The maximum atomic E-state index is 11.7. The third-order valence-electron chi connectivity index (χ3n) is 2.92. The highest BCUT2D eigenvalue weighted by atomic mass is 32.1. The number of ether oxygens (including phenoxy) is 1. The number of urea groups is 1. The lowest BCUT2D eigenvalue weighted by molar-refractivity contribution is 0.195. The van der Waals surface area contributed by atoms with Gasteiger partial charge in [0.1, 0.15) is 0 Å². The summed E-state index contributed by atoms with van der Waals surface area (Å²) in [6.45, 7) is 3.02. The lowest BCUT2D eigenvalue weighted by atomic mass is 10.1. The molecular weight excluding hydrogens is 260 g/mol. The third-order valence-corrected chi connectivity index (χ3v) is 3.90. The van der Waals surface area contributed by atoms with Crippen LogP contribution < -0.4 is 10.6 Å². The molecule has 0 saturated carbocycles.